The van der Waals surface area contributed by atoms with E-state index in [0.29, 0.717) is 18.8 Å². The first-order valence-corrected chi connectivity index (χ1v) is 7.70. The van der Waals surface area contributed by atoms with Crippen LogP contribution >= 0.6 is 0 Å². The molecule has 0 saturated heterocycles. The third-order valence-electron chi connectivity index (χ3n) is 2.58. The predicted molar refractivity (Wildman–Crippen MR) is 75.8 cm³/mol. The Labute approximate surface area is 115 Å². The molecular weight excluding hydrogens is 264 g/mol. The van der Waals surface area contributed by atoms with Crippen LogP contribution in [0.5, 0.6) is 5.75 Å². The Hall–Kier alpha value is -1.11. The average molecular weight is 286 g/mol. The van der Waals surface area contributed by atoms with Crippen LogP contribution in [0.1, 0.15) is 19.4 Å². The SMILES string of the molecule is CNCc1ccc(S(=O)(=O)NCC(C)C)c(OC)c1. The molecule has 0 heterocycles. The Morgan fingerprint density at radius 3 is 2.53 bits per heavy atom. The zero-order valence-electron chi connectivity index (χ0n) is 11.9. The molecule has 6 heteroatoms. The van der Waals surface area contributed by atoms with E-state index in [1.54, 1.807) is 18.2 Å². The molecular formula is C13H22N2O3S. The van der Waals surface area contributed by atoms with Crippen molar-refractivity contribution < 1.29 is 13.2 Å². The lowest BCUT2D eigenvalue weighted by molar-refractivity contribution is 0.401. The molecule has 0 aliphatic heterocycles. The highest BCUT2D eigenvalue weighted by Gasteiger charge is 2.19. The van der Waals surface area contributed by atoms with Crippen LogP contribution in [0, 0.1) is 5.92 Å². The standard InChI is InChI=1S/C13H22N2O3S/c1-10(2)8-15-19(16,17)13-6-5-11(9-14-3)7-12(13)18-4/h5-7,10,14-15H,8-9H2,1-4H3. The molecule has 0 bridgehead atoms. The highest BCUT2D eigenvalue weighted by atomic mass is 32.2. The summed E-state index contributed by atoms with van der Waals surface area (Å²) in [6, 6.07) is 5.09. The van der Waals surface area contributed by atoms with Crippen molar-refractivity contribution in [3.63, 3.8) is 0 Å². The van der Waals surface area contributed by atoms with Gasteiger partial charge in [-0.25, -0.2) is 13.1 Å². The Bertz CT molecular complexity index is 513. The van der Waals surface area contributed by atoms with Crippen molar-refractivity contribution >= 4 is 10.0 Å². The van der Waals surface area contributed by atoms with Crippen molar-refractivity contribution in [1.29, 1.82) is 0 Å². The maximum atomic E-state index is 12.2. The Balaban J connectivity index is 3.05. The molecule has 108 valence electrons. The van der Waals surface area contributed by atoms with Gasteiger partial charge in [0.05, 0.1) is 7.11 Å². The summed E-state index contributed by atoms with van der Waals surface area (Å²) in [6.45, 7) is 4.98. The number of benzene rings is 1. The molecule has 1 rings (SSSR count). The largest absolute Gasteiger partial charge is 0.495 e. The van der Waals surface area contributed by atoms with Gasteiger partial charge >= 0.3 is 0 Å². The summed E-state index contributed by atoms with van der Waals surface area (Å²) in [5.74, 6) is 0.619. The second-order valence-electron chi connectivity index (χ2n) is 4.76. The average Bonchev–Trinajstić information content (AvgIpc) is 2.36. The third kappa shape index (κ3) is 4.49. The summed E-state index contributed by atoms with van der Waals surface area (Å²) in [7, 11) is -0.218. The minimum atomic E-state index is -3.53. The summed E-state index contributed by atoms with van der Waals surface area (Å²) in [5.41, 5.74) is 0.974. The maximum Gasteiger partial charge on any atom is 0.244 e. The second-order valence-corrected chi connectivity index (χ2v) is 6.50. The minimum Gasteiger partial charge on any atom is -0.495 e. The van der Waals surface area contributed by atoms with Gasteiger partial charge in [-0.2, -0.15) is 0 Å². The molecule has 0 spiro atoms. The Kier molecular flexibility index (Phi) is 5.78. The molecule has 0 aromatic heterocycles. The summed E-state index contributed by atoms with van der Waals surface area (Å²) < 4.78 is 32.1. The van der Waals surface area contributed by atoms with Crippen molar-refractivity contribution in [1.82, 2.24) is 10.0 Å². The van der Waals surface area contributed by atoms with Gasteiger partial charge in [0.25, 0.3) is 0 Å². The number of nitrogens with one attached hydrogen (secondary N) is 2. The zero-order valence-corrected chi connectivity index (χ0v) is 12.7. The van der Waals surface area contributed by atoms with Crippen molar-refractivity contribution in [2.75, 3.05) is 20.7 Å². The van der Waals surface area contributed by atoms with Crippen LogP contribution in [0.2, 0.25) is 0 Å². The number of hydrogen-bond acceptors (Lipinski definition) is 4. The fraction of sp³-hybridized carbons (Fsp3) is 0.538. The summed E-state index contributed by atoms with van der Waals surface area (Å²) in [5, 5.41) is 3.01. The highest BCUT2D eigenvalue weighted by Crippen LogP contribution is 2.24. The third-order valence-corrected chi connectivity index (χ3v) is 4.04. The first-order valence-electron chi connectivity index (χ1n) is 6.22. The molecule has 0 amide bonds. The fourth-order valence-corrected chi connectivity index (χ4v) is 2.96. The summed E-state index contributed by atoms with van der Waals surface area (Å²) >= 11 is 0. The number of hydrogen-bond donors (Lipinski definition) is 2. The lowest BCUT2D eigenvalue weighted by Gasteiger charge is -2.13. The Morgan fingerprint density at radius 2 is 2.00 bits per heavy atom. The highest BCUT2D eigenvalue weighted by molar-refractivity contribution is 7.89. The molecule has 0 unspecified atom stereocenters. The van der Waals surface area contributed by atoms with Crippen LogP contribution in [-0.2, 0) is 16.6 Å². The van der Waals surface area contributed by atoms with E-state index < -0.39 is 10.0 Å². The number of ether oxygens (including phenoxy) is 1. The van der Waals surface area contributed by atoms with Gasteiger partial charge in [0, 0.05) is 13.1 Å². The van der Waals surface area contributed by atoms with E-state index in [9.17, 15) is 8.42 Å². The minimum absolute atomic E-state index is 0.176. The molecule has 5 nitrogen and oxygen atoms in total. The van der Waals surface area contributed by atoms with E-state index in [2.05, 4.69) is 10.0 Å². The molecule has 0 radical (unpaired) electrons. The quantitative estimate of drug-likeness (QED) is 0.794. The second kappa shape index (κ2) is 6.88. The Morgan fingerprint density at radius 1 is 1.32 bits per heavy atom. The van der Waals surface area contributed by atoms with Crippen LogP contribution < -0.4 is 14.8 Å². The van der Waals surface area contributed by atoms with Crippen molar-refractivity contribution in [2.24, 2.45) is 5.92 Å². The molecule has 0 saturated carbocycles. The van der Waals surface area contributed by atoms with Gasteiger partial charge in [-0.1, -0.05) is 19.9 Å². The van der Waals surface area contributed by atoms with Crippen LogP contribution in [0.15, 0.2) is 23.1 Å². The normalized spacial score (nSPS) is 11.8. The zero-order chi connectivity index (χ0) is 14.5. The first-order chi connectivity index (χ1) is 8.90. The number of sulfonamides is 1. The molecule has 0 fully saturated rings. The van der Waals surface area contributed by atoms with Gasteiger partial charge in [0.2, 0.25) is 10.0 Å². The smallest absolute Gasteiger partial charge is 0.244 e. The van der Waals surface area contributed by atoms with Crippen molar-refractivity contribution in [3.8, 4) is 5.75 Å². The van der Waals surface area contributed by atoms with Gasteiger partial charge in [0.1, 0.15) is 10.6 Å². The maximum absolute atomic E-state index is 12.2. The van der Waals surface area contributed by atoms with Crippen LogP contribution in [-0.4, -0.2) is 29.1 Å². The van der Waals surface area contributed by atoms with Crippen LogP contribution in [0.25, 0.3) is 0 Å². The van der Waals surface area contributed by atoms with Gasteiger partial charge in [-0.05, 0) is 30.7 Å². The van der Waals surface area contributed by atoms with Crippen LogP contribution in [0.3, 0.4) is 0 Å². The van der Waals surface area contributed by atoms with E-state index in [1.165, 1.54) is 7.11 Å². The van der Waals surface area contributed by atoms with E-state index in [4.69, 9.17) is 4.74 Å². The number of rotatable bonds is 7. The lowest BCUT2D eigenvalue weighted by atomic mass is 10.2. The summed E-state index contributed by atoms with van der Waals surface area (Å²) in [6.07, 6.45) is 0. The number of methoxy groups -OCH3 is 1. The predicted octanol–water partition coefficient (Wildman–Crippen LogP) is 1.35. The topological polar surface area (TPSA) is 67.4 Å². The molecule has 0 aliphatic rings. The molecule has 0 aliphatic carbocycles. The molecule has 1 aromatic carbocycles. The van der Waals surface area contributed by atoms with Gasteiger partial charge in [-0.3, -0.25) is 0 Å². The van der Waals surface area contributed by atoms with Crippen LogP contribution in [0.4, 0.5) is 0 Å². The van der Waals surface area contributed by atoms with E-state index in [-0.39, 0.29) is 10.8 Å². The van der Waals surface area contributed by atoms with Crippen molar-refractivity contribution in [2.45, 2.75) is 25.3 Å². The van der Waals surface area contributed by atoms with E-state index in [0.717, 1.165) is 5.56 Å². The molecule has 2 N–H and O–H groups in total. The van der Waals surface area contributed by atoms with E-state index in [1.807, 2.05) is 20.9 Å². The van der Waals surface area contributed by atoms with Gasteiger partial charge < -0.3 is 10.1 Å². The van der Waals surface area contributed by atoms with Gasteiger partial charge in [-0.15, -0.1) is 0 Å². The molecule has 19 heavy (non-hydrogen) atoms. The van der Waals surface area contributed by atoms with Crippen molar-refractivity contribution in [3.05, 3.63) is 23.8 Å². The monoisotopic (exact) mass is 286 g/mol. The molecule has 0 atom stereocenters. The molecule has 1 aromatic rings. The fourth-order valence-electron chi connectivity index (χ4n) is 1.60. The first kappa shape index (κ1) is 15.9. The van der Waals surface area contributed by atoms with E-state index >= 15 is 0 Å². The summed E-state index contributed by atoms with van der Waals surface area (Å²) in [4.78, 5) is 0.176. The van der Waals surface area contributed by atoms with Gasteiger partial charge in [0.15, 0.2) is 0 Å². The lowest BCUT2D eigenvalue weighted by Crippen LogP contribution is -2.28.